The number of aromatic nitrogens is 2. The fourth-order valence-electron chi connectivity index (χ4n) is 0.523. The molecule has 0 aromatic carbocycles. The summed E-state index contributed by atoms with van der Waals surface area (Å²) >= 11 is 0. The molecule has 0 spiro atoms. The molecule has 0 unspecified atom stereocenters. The van der Waals surface area contributed by atoms with Gasteiger partial charge in [0.05, 0.1) is 32.1 Å². The van der Waals surface area contributed by atoms with E-state index in [1.165, 1.54) is 0 Å². The molecule has 1 aromatic rings. The van der Waals surface area contributed by atoms with Gasteiger partial charge in [0.1, 0.15) is 0 Å². The van der Waals surface area contributed by atoms with Crippen molar-refractivity contribution in [1.29, 1.82) is 1.43 Å². The molecule has 1 N–H and O–H groups in total. The maximum Gasteiger partial charge on any atom is 0.211 e. The Morgan fingerprint density at radius 3 is 2.91 bits per heavy atom. The van der Waals surface area contributed by atoms with Gasteiger partial charge in [0, 0.05) is 11.0 Å². The van der Waals surface area contributed by atoms with E-state index >= 15 is 0 Å². The normalized spacial score (nSPS) is 28.6. The minimum absolute atomic E-state index is 0.726. The Labute approximate surface area is 81.7 Å². The van der Waals surface area contributed by atoms with Gasteiger partial charge in [-0.2, -0.15) is 0 Å². The minimum atomic E-state index is -3.01. The van der Waals surface area contributed by atoms with E-state index in [-0.39, 0.29) is 0 Å². The monoisotopic (exact) mass is 163 g/mol. The number of hydrogen-bond acceptors (Lipinski definition) is 3. The number of hydrogen-bond donors (Lipinski definition) is 1. The highest BCUT2D eigenvalue weighted by Gasteiger charge is 2.02. The van der Waals surface area contributed by atoms with Crippen LogP contribution in [0.2, 0.25) is 0 Å². The van der Waals surface area contributed by atoms with Crippen LogP contribution in [-0.2, 0) is 6.56 Å². The van der Waals surface area contributed by atoms with Crippen LogP contribution < -0.4 is 0 Å². The first-order valence-electron chi connectivity index (χ1n) is 8.20. The Morgan fingerprint density at radius 1 is 1.45 bits per heavy atom. The second-order valence-corrected chi connectivity index (χ2v) is 1.76. The molecule has 0 atom stereocenters. The van der Waals surface area contributed by atoms with Crippen molar-refractivity contribution in [3.05, 3.63) is 22.8 Å². The Bertz CT molecular complexity index is 550. The summed E-state index contributed by atoms with van der Waals surface area (Å²) in [6.45, 7) is -10.9. The van der Waals surface area contributed by atoms with E-state index in [0.29, 0.717) is 0 Å². The van der Waals surface area contributed by atoms with E-state index in [2.05, 4.69) is 15.1 Å². The van der Waals surface area contributed by atoms with Gasteiger partial charge in [0.25, 0.3) is 0 Å². The maximum atomic E-state index is 7.44. The maximum absolute atomic E-state index is 7.44. The summed E-state index contributed by atoms with van der Waals surface area (Å²) in [4.78, 5) is 6.89. The summed E-state index contributed by atoms with van der Waals surface area (Å²) in [5, 5.41) is 3.80. The average molecular weight is 163 g/mol. The van der Waals surface area contributed by atoms with Crippen molar-refractivity contribution in [3.8, 4) is 0 Å². The van der Waals surface area contributed by atoms with Crippen LogP contribution in [0.25, 0.3) is 0 Å². The van der Waals surface area contributed by atoms with Crippen molar-refractivity contribution in [1.82, 2.24) is 9.97 Å². The zero-order valence-electron chi connectivity index (χ0n) is 16.4. The van der Waals surface area contributed by atoms with Gasteiger partial charge < -0.3 is 5.11 Å². The van der Waals surface area contributed by atoms with Crippen LogP contribution in [0.5, 0.6) is 0 Å². The Hall–Kier alpha value is -0.960. The Balaban J connectivity index is 3.82. The van der Waals surface area contributed by atoms with E-state index in [1.54, 1.807) is 0 Å². The number of nitrogens with zero attached hydrogens (tertiary/aromatic N) is 2. The summed E-state index contributed by atoms with van der Waals surface area (Å²) in [6, 6.07) is 0. The first-order valence-corrected chi connectivity index (χ1v) is 2.64. The molecule has 1 rings (SSSR count). The molecule has 0 aliphatic heterocycles. The lowest BCUT2D eigenvalue weighted by Gasteiger charge is -2.04. The van der Waals surface area contributed by atoms with Crippen molar-refractivity contribution in [2.45, 2.75) is 27.1 Å². The van der Waals surface area contributed by atoms with Crippen LogP contribution >= 0.6 is 0 Å². The molecule has 0 fully saturated rings. The molecule has 0 radical (unpaired) electrons. The molecule has 3 heteroatoms. The largest absolute Gasteiger partial charge is 0.390 e. The summed E-state index contributed by atoms with van der Waals surface area (Å²) in [7, 11) is 0. The SMILES string of the molecule is [2H]OC([2H])([2H])c1nc(C([2H])([2H])[2H])c(C([2H])([2H])[2H])nc1C([2H])[2H]. The molecule has 1 aromatic heterocycles. The van der Waals surface area contributed by atoms with E-state index in [0.717, 1.165) is 0 Å². The lowest BCUT2D eigenvalue weighted by atomic mass is 10.3. The Morgan fingerprint density at radius 2 is 2.27 bits per heavy atom. The topological polar surface area (TPSA) is 46.0 Å². The van der Waals surface area contributed by atoms with Gasteiger partial charge >= 0.3 is 0 Å². The van der Waals surface area contributed by atoms with Crippen molar-refractivity contribution in [3.63, 3.8) is 0 Å². The molecular weight excluding hydrogens is 140 g/mol. The predicted octanol–water partition coefficient (Wildman–Crippen LogP) is 0.894. The lowest BCUT2D eigenvalue weighted by molar-refractivity contribution is 0.275. The van der Waals surface area contributed by atoms with Crippen molar-refractivity contribution in [2.24, 2.45) is 0 Å². The van der Waals surface area contributed by atoms with Crippen LogP contribution in [0.15, 0.2) is 0 Å². The van der Waals surface area contributed by atoms with Gasteiger partial charge in [-0.25, -0.2) is 0 Å². The fourth-order valence-corrected chi connectivity index (χ4v) is 0.523. The van der Waals surface area contributed by atoms with Crippen LogP contribution in [0, 0.1) is 20.6 Å². The predicted molar refractivity (Wildman–Crippen MR) is 42.2 cm³/mol. The highest BCUT2D eigenvalue weighted by molar-refractivity contribution is 5.16. The average Bonchev–Trinajstić information content (AvgIpc) is 2.34. The summed E-state index contributed by atoms with van der Waals surface area (Å²) in [5.41, 5.74) is -3.52. The van der Waals surface area contributed by atoms with E-state index < -0.39 is 49.9 Å². The number of aryl methyl sites for hydroxylation is 3. The van der Waals surface area contributed by atoms with Crippen LogP contribution in [-0.4, -0.2) is 16.5 Å². The molecule has 0 saturated heterocycles. The van der Waals surface area contributed by atoms with Crippen molar-refractivity contribution >= 4 is 0 Å². The highest BCUT2D eigenvalue weighted by Crippen LogP contribution is 2.05. The molecule has 0 bridgehead atoms. The van der Waals surface area contributed by atoms with Crippen molar-refractivity contribution < 1.29 is 18.8 Å². The molecule has 0 amide bonds. The highest BCUT2D eigenvalue weighted by atomic mass is 16.3. The van der Waals surface area contributed by atoms with Gasteiger partial charge in [-0.05, 0) is 20.6 Å². The first kappa shape index (κ1) is 1.85. The van der Waals surface area contributed by atoms with Crippen LogP contribution in [0.4, 0.5) is 0 Å². The van der Waals surface area contributed by atoms with Gasteiger partial charge in [-0.15, -0.1) is 0 Å². The molecule has 0 aliphatic rings. The summed E-state index contributed by atoms with van der Waals surface area (Å²) < 4.78 is 80.0. The van der Waals surface area contributed by atoms with Gasteiger partial charge in [-0.3, -0.25) is 9.97 Å². The number of aliphatic hydroxyl groups is 1. The molecule has 3 nitrogen and oxygen atoms in total. The minimum Gasteiger partial charge on any atom is -0.390 e. The van der Waals surface area contributed by atoms with Gasteiger partial charge in [0.2, 0.25) is 1.43 Å². The third kappa shape index (κ3) is 1.54. The van der Waals surface area contributed by atoms with Crippen LogP contribution in [0.3, 0.4) is 0 Å². The first-order chi connectivity index (χ1) is 9.71. The van der Waals surface area contributed by atoms with Crippen LogP contribution in [0.1, 0.15) is 36.5 Å². The van der Waals surface area contributed by atoms with Gasteiger partial charge in [0.15, 0.2) is 0 Å². The molecule has 60 valence electrons. The quantitative estimate of drug-likeness (QED) is 0.704. The molecule has 0 aliphatic carbocycles. The third-order valence-corrected chi connectivity index (χ3v) is 1.02. The summed E-state index contributed by atoms with van der Waals surface area (Å²) in [5.74, 6) is 0. The Kier molecular flexibility index (Phi) is 0.499. The number of rotatable bonds is 2. The standard InChI is InChI=1S/C8H12N2O/c1-5-6(2)10-8(4-11)7(3)9-5/h11H,4H2,1-3H3/i1D3,2D3,3D2,4D2,11D. The second-order valence-electron chi connectivity index (χ2n) is 1.76. The van der Waals surface area contributed by atoms with Gasteiger partial charge in [-0.1, -0.05) is 0 Å². The molecular formula is C8H12N2O. The summed E-state index contributed by atoms with van der Waals surface area (Å²) in [6.07, 6.45) is 0. The van der Waals surface area contributed by atoms with E-state index in [4.69, 9.17) is 15.1 Å². The second kappa shape index (κ2) is 2.96. The zero-order valence-corrected chi connectivity index (χ0v) is 5.38. The zero-order chi connectivity index (χ0) is 17.5. The molecule has 1 heterocycles. The van der Waals surface area contributed by atoms with E-state index in [1.807, 2.05) is 0 Å². The smallest absolute Gasteiger partial charge is 0.211 e. The third-order valence-electron chi connectivity index (χ3n) is 1.02. The van der Waals surface area contributed by atoms with Crippen molar-refractivity contribution in [2.75, 3.05) is 0 Å². The molecule has 0 saturated carbocycles. The lowest BCUT2D eigenvalue weighted by Crippen LogP contribution is -2.01. The fraction of sp³-hybridized carbons (Fsp3) is 0.500. The van der Waals surface area contributed by atoms with E-state index in [9.17, 15) is 0 Å². The molecule has 11 heavy (non-hydrogen) atoms.